The quantitative estimate of drug-likeness (QED) is 0.663. The summed E-state index contributed by atoms with van der Waals surface area (Å²) in [5, 5.41) is 9.56. The van der Waals surface area contributed by atoms with Crippen LogP contribution in [0.2, 0.25) is 0 Å². The molecule has 1 aromatic heterocycles. The first-order valence-electron chi connectivity index (χ1n) is 7.13. The normalized spacial score (nSPS) is 11.7. The van der Waals surface area contributed by atoms with Gasteiger partial charge in [-0.3, -0.25) is 0 Å². The summed E-state index contributed by atoms with van der Waals surface area (Å²) in [7, 11) is 0. The number of benzene rings is 2. The first kappa shape index (κ1) is 17.2. The first-order chi connectivity index (χ1) is 11.8. The van der Waals surface area contributed by atoms with Crippen LogP contribution in [0.1, 0.15) is 16.1 Å². The predicted molar refractivity (Wildman–Crippen MR) is 87.2 cm³/mol. The van der Waals surface area contributed by atoms with E-state index in [2.05, 4.69) is 9.72 Å². The molecule has 0 atom stereocenters. The molecule has 0 unspecified atom stereocenters. The van der Waals surface area contributed by atoms with E-state index in [9.17, 15) is 23.1 Å². The molecule has 0 fully saturated rings. The fourth-order valence-corrected chi connectivity index (χ4v) is 3.64. The van der Waals surface area contributed by atoms with Crippen LogP contribution in [0.25, 0.3) is 10.9 Å². The number of aromatic carboxylic acids is 1. The second-order valence-corrected chi connectivity index (χ2v) is 6.26. The fraction of sp³-hybridized carbons (Fsp3) is 0.118. The van der Waals surface area contributed by atoms with Crippen LogP contribution >= 0.6 is 11.8 Å². The number of carbonyl (C=O) groups is 1. The van der Waals surface area contributed by atoms with E-state index in [1.54, 1.807) is 31.2 Å². The van der Waals surface area contributed by atoms with Crippen molar-refractivity contribution in [2.24, 2.45) is 0 Å². The number of alkyl halides is 3. The lowest BCUT2D eigenvalue weighted by Gasteiger charge is -2.11. The molecule has 0 saturated carbocycles. The zero-order chi connectivity index (χ0) is 18.2. The van der Waals surface area contributed by atoms with Gasteiger partial charge in [0.25, 0.3) is 0 Å². The Morgan fingerprint density at radius 2 is 1.88 bits per heavy atom. The van der Waals surface area contributed by atoms with Gasteiger partial charge in [0, 0.05) is 15.5 Å². The molecule has 0 bridgehead atoms. The Morgan fingerprint density at radius 3 is 2.56 bits per heavy atom. The standard InChI is InChI=1S/C17H12F3NO3S/c1-9-15(25-13-8-3-2-5-10(13)16(22)23)14-11(21-9)6-4-7-12(14)24-17(18,19)20/h2-8,21H,1H3,(H,22,23). The Bertz CT molecular complexity index is 950. The second kappa shape index (κ2) is 6.36. The van der Waals surface area contributed by atoms with Gasteiger partial charge in [-0.15, -0.1) is 13.2 Å². The van der Waals surface area contributed by atoms with Crippen LogP contribution in [-0.4, -0.2) is 22.4 Å². The van der Waals surface area contributed by atoms with Crippen molar-refractivity contribution in [3.05, 3.63) is 53.7 Å². The molecule has 0 aliphatic carbocycles. The number of hydrogen-bond acceptors (Lipinski definition) is 3. The number of rotatable bonds is 4. The number of aryl methyl sites for hydroxylation is 1. The van der Waals surface area contributed by atoms with Gasteiger partial charge in [0.15, 0.2) is 0 Å². The molecular weight excluding hydrogens is 355 g/mol. The molecule has 2 N–H and O–H groups in total. The molecular formula is C17H12F3NO3S. The number of fused-ring (bicyclic) bond motifs is 1. The predicted octanol–water partition coefficient (Wildman–Crippen LogP) is 5.22. The number of nitrogens with one attached hydrogen (secondary N) is 1. The van der Waals surface area contributed by atoms with Crippen molar-refractivity contribution in [2.45, 2.75) is 23.1 Å². The Hall–Kier alpha value is -2.61. The maximum absolute atomic E-state index is 12.7. The molecule has 3 rings (SSSR count). The number of halogens is 3. The Labute approximate surface area is 144 Å². The van der Waals surface area contributed by atoms with Crippen LogP contribution in [0.4, 0.5) is 13.2 Å². The Kier molecular flexibility index (Phi) is 4.38. The monoisotopic (exact) mass is 367 g/mol. The lowest BCUT2D eigenvalue weighted by atomic mass is 10.2. The number of carboxylic acid groups (broad SMARTS) is 1. The summed E-state index contributed by atoms with van der Waals surface area (Å²) in [5.41, 5.74) is 1.18. The van der Waals surface area contributed by atoms with Crippen LogP contribution < -0.4 is 4.74 Å². The highest BCUT2D eigenvalue weighted by Crippen LogP contribution is 2.42. The van der Waals surface area contributed by atoms with E-state index < -0.39 is 12.3 Å². The SMILES string of the molecule is Cc1[nH]c2cccc(OC(F)(F)F)c2c1Sc1ccccc1C(=O)O. The molecule has 0 radical (unpaired) electrons. The zero-order valence-electron chi connectivity index (χ0n) is 12.8. The molecule has 8 heteroatoms. The molecule has 0 aliphatic rings. The number of H-pyrrole nitrogens is 1. The van der Waals surface area contributed by atoms with E-state index in [0.29, 0.717) is 21.0 Å². The molecule has 0 saturated heterocycles. The smallest absolute Gasteiger partial charge is 0.478 e. The van der Waals surface area contributed by atoms with Crippen LogP contribution in [0.15, 0.2) is 52.3 Å². The summed E-state index contributed by atoms with van der Waals surface area (Å²) in [4.78, 5) is 15.3. The minimum Gasteiger partial charge on any atom is -0.478 e. The van der Waals surface area contributed by atoms with Crippen molar-refractivity contribution < 1.29 is 27.8 Å². The summed E-state index contributed by atoms with van der Waals surface area (Å²) in [6, 6.07) is 10.6. The number of aromatic nitrogens is 1. The van der Waals surface area contributed by atoms with E-state index in [0.717, 1.165) is 11.8 Å². The van der Waals surface area contributed by atoms with Gasteiger partial charge >= 0.3 is 12.3 Å². The summed E-state index contributed by atoms with van der Waals surface area (Å²) in [5.74, 6) is -1.43. The Balaban J connectivity index is 2.14. The third kappa shape index (κ3) is 3.58. The second-order valence-electron chi connectivity index (χ2n) is 5.21. The van der Waals surface area contributed by atoms with Gasteiger partial charge in [0.2, 0.25) is 0 Å². The van der Waals surface area contributed by atoms with E-state index in [4.69, 9.17) is 0 Å². The first-order valence-corrected chi connectivity index (χ1v) is 7.95. The Morgan fingerprint density at radius 1 is 1.16 bits per heavy atom. The fourth-order valence-electron chi connectivity index (χ4n) is 2.50. The van der Waals surface area contributed by atoms with E-state index in [1.165, 1.54) is 18.2 Å². The maximum Gasteiger partial charge on any atom is 0.573 e. The van der Waals surface area contributed by atoms with Crippen LogP contribution in [0, 0.1) is 6.92 Å². The van der Waals surface area contributed by atoms with Gasteiger partial charge in [0.1, 0.15) is 5.75 Å². The summed E-state index contributed by atoms with van der Waals surface area (Å²) in [6.07, 6.45) is -4.82. The van der Waals surface area contributed by atoms with Crippen molar-refractivity contribution >= 4 is 28.6 Å². The van der Waals surface area contributed by atoms with E-state index in [1.807, 2.05) is 0 Å². The molecule has 4 nitrogen and oxygen atoms in total. The summed E-state index contributed by atoms with van der Waals surface area (Å²) < 4.78 is 42.2. The molecule has 3 aromatic rings. The molecule has 25 heavy (non-hydrogen) atoms. The van der Waals surface area contributed by atoms with E-state index in [-0.39, 0.29) is 16.7 Å². The van der Waals surface area contributed by atoms with Gasteiger partial charge in [-0.1, -0.05) is 30.0 Å². The number of hydrogen-bond donors (Lipinski definition) is 2. The van der Waals surface area contributed by atoms with Crippen molar-refractivity contribution in [1.29, 1.82) is 0 Å². The highest BCUT2D eigenvalue weighted by atomic mass is 32.2. The molecule has 1 heterocycles. The minimum absolute atomic E-state index is 0.0791. The molecule has 2 aromatic carbocycles. The number of ether oxygens (including phenoxy) is 1. The average molecular weight is 367 g/mol. The zero-order valence-corrected chi connectivity index (χ0v) is 13.7. The highest BCUT2D eigenvalue weighted by molar-refractivity contribution is 7.99. The van der Waals surface area contributed by atoms with Crippen molar-refractivity contribution in [2.75, 3.05) is 0 Å². The van der Waals surface area contributed by atoms with E-state index >= 15 is 0 Å². The van der Waals surface area contributed by atoms with Crippen molar-refractivity contribution in [1.82, 2.24) is 4.98 Å². The molecule has 0 amide bonds. The topological polar surface area (TPSA) is 62.3 Å². The van der Waals surface area contributed by atoms with Crippen LogP contribution in [-0.2, 0) is 0 Å². The molecule has 130 valence electrons. The summed E-state index contributed by atoms with van der Waals surface area (Å²) in [6.45, 7) is 1.71. The van der Waals surface area contributed by atoms with Gasteiger partial charge in [-0.2, -0.15) is 0 Å². The number of aromatic amines is 1. The van der Waals surface area contributed by atoms with Gasteiger partial charge in [-0.25, -0.2) is 4.79 Å². The lowest BCUT2D eigenvalue weighted by molar-refractivity contribution is -0.274. The molecule has 0 aliphatic heterocycles. The largest absolute Gasteiger partial charge is 0.573 e. The highest BCUT2D eigenvalue weighted by Gasteiger charge is 2.32. The summed E-state index contributed by atoms with van der Waals surface area (Å²) >= 11 is 1.09. The van der Waals surface area contributed by atoms with Gasteiger partial charge in [-0.05, 0) is 31.2 Å². The minimum atomic E-state index is -4.82. The van der Waals surface area contributed by atoms with Crippen LogP contribution in [0.3, 0.4) is 0 Å². The van der Waals surface area contributed by atoms with Crippen molar-refractivity contribution in [3.63, 3.8) is 0 Å². The van der Waals surface area contributed by atoms with Crippen molar-refractivity contribution in [3.8, 4) is 5.75 Å². The molecule has 0 spiro atoms. The van der Waals surface area contributed by atoms with Gasteiger partial charge < -0.3 is 14.8 Å². The number of carboxylic acids is 1. The third-order valence-corrected chi connectivity index (χ3v) is 4.76. The average Bonchev–Trinajstić information content (AvgIpc) is 2.83. The van der Waals surface area contributed by atoms with Gasteiger partial charge in [0.05, 0.1) is 16.5 Å². The maximum atomic E-state index is 12.7. The van der Waals surface area contributed by atoms with Crippen LogP contribution in [0.5, 0.6) is 5.75 Å². The third-order valence-electron chi connectivity index (χ3n) is 3.47. The lowest BCUT2D eigenvalue weighted by Crippen LogP contribution is -2.17.